The molecule has 0 fully saturated rings. The second kappa shape index (κ2) is 7.78. The van der Waals surface area contributed by atoms with Gasteiger partial charge in [-0.3, -0.25) is 4.79 Å². The highest BCUT2D eigenvalue weighted by molar-refractivity contribution is 5.94. The van der Waals surface area contributed by atoms with Gasteiger partial charge in [0.2, 0.25) is 11.2 Å². The molecule has 33 heavy (non-hydrogen) atoms. The van der Waals surface area contributed by atoms with Gasteiger partial charge in [-0.1, -0.05) is 18.2 Å². The largest absolute Gasteiger partial charge is 0.481 e. The zero-order valence-electron chi connectivity index (χ0n) is 17.9. The molecule has 1 aromatic heterocycles. The molecule has 0 bridgehead atoms. The van der Waals surface area contributed by atoms with Crippen molar-refractivity contribution < 1.29 is 23.4 Å². The number of aromatic carboxylic acids is 1. The molecule has 0 radical (unpaired) electrons. The number of carboxylic acid groups (broad SMARTS) is 1. The van der Waals surface area contributed by atoms with Crippen LogP contribution in [0.4, 0.5) is 10.1 Å². The van der Waals surface area contributed by atoms with Crippen molar-refractivity contribution in [1.82, 2.24) is 0 Å². The fourth-order valence-corrected chi connectivity index (χ4v) is 4.25. The van der Waals surface area contributed by atoms with E-state index in [1.807, 2.05) is 19.9 Å². The average molecular weight is 445 g/mol. The lowest BCUT2D eigenvalue weighted by atomic mass is 9.98. The van der Waals surface area contributed by atoms with E-state index in [0.717, 1.165) is 5.56 Å². The fourth-order valence-electron chi connectivity index (χ4n) is 4.25. The van der Waals surface area contributed by atoms with Crippen molar-refractivity contribution in [2.45, 2.75) is 26.5 Å². The first-order chi connectivity index (χ1) is 15.8. The number of ether oxygens (including phenoxy) is 1. The minimum absolute atomic E-state index is 0.0823. The van der Waals surface area contributed by atoms with Gasteiger partial charge >= 0.3 is 5.97 Å². The van der Waals surface area contributed by atoms with Crippen LogP contribution >= 0.6 is 0 Å². The third-order valence-electron chi connectivity index (χ3n) is 5.80. The van der Waals surface area contributed by atoms with Crippen molar-refractivity contribution in [2.75, 3.05) is 5.32 Å². The third-order valence-corrected chi connectivity index (χ3v) is 5.80. The third kappa shape index (κ3) is 3.51. The summed E-state index contributed by atoms with van der Waals surface area (Å²) in [5.74, 6) is -1.07. The number of carbonyl (C=O) groups is 1. The van der Waals surface area contributed by atoms with Gasteiger partial charge < -0.3 is 19.6 Å². The number of hydrogen-bond acceptors (Lipinski definition) is 5. The van der Waals surface area contributed by atoms with E-state index >= 15 is 0 Å². The monoisotopic (exact) mass is 445 g/mol. The highest BCUT2D eigenvalue weighted by Crippen LogP contribution is 2.39. The summed E-state index contributed by atoms with van der Waals surface area (Å²) in [6.07, 6.45) is 0. The fraction of sp³-hybridized carbons (Fsp3) is 0.154. The van der Waals surface area contributed by atoms with E-state index < -0.39 is 11.8 Å². The first-order valence-corrected chi connectivity index (χ1v) is 10.5. The lowest BCUT2D eigenvalue weighted by molar-refractivity contribution is 0.0698. The Morgan fingerprint density at radius 2 is 1.94 bits per heavy atom. The number of fused-ring (bicyclic) bond motifs is 4. The van der Waals surface area contributed by atoms with E-state index in [9.17, 15) is 19.1 Å². The number of carboxylic acids is 1. The van der Waals surface area contributed by atoms with Gasteiger partial charge in [0.15, 0.2) is 5.76 Å². The Morgan fingerprint density at radius 1 is 1.15 bits per heavy atom. The van der Waals surface area contributed by atoms with Gasteiger partial charge in [-0.15, -0.1) is 0 Å². The minimum Gasteiger partial charge on any atom is -0.481 e. The summed E-state index contributed by atoms with van der Waals surface area (Å²) in [6.45, 7) is 3.82. The van der Waals surface area contributed by atoms with E-state index in [-0.39, 0.29) is 35.2 Å². The molecule has 0 saturated carbocycles. The molecule has 1 atom stereocenters. The second-order valence-corrected chi connectivity index (χ2v) is 8.13. The van der Waals surface area contributed by atoms with Gasteiger partial charge in [-0.05, 0) is 55.8 Å². The van der Waals surface area contributed by atoms with Crippen LogP contribution < -0.4 is 15.5 Å². The molecule has 1 unspecified atom stereocenters. The van der Waals surface area contributed by atoms with Crippen LogP contribution in [0, 0.1) is 12.7 Å². The Labute approximate surface area is 188 Å². The summed E-state index contributed by atoms with van der Waals surface area (Å²) in [5.41, 5.74) is 3.42. The Balaban J connectivity index is 1.69. The number of anilines is 1. The van der Waals surface area contributed by atoms with Crippen LogP contribution in [-0.2, 0) is 6.61 Å². The molecule has 166 valence electrons. The van der Waals surface area contributed by atoms with Gasteiger partial charge in [-0.2, -0.15) is 0 Å². The summed E-state index contributed by atoms with van der Waals surface area (Å²) in [5, 5.41) is 13.1. The molecule has 7 heteroatoms. The van der Waals surface area contributed by atoms with Crippen LogP contribution in [0.15, 0.2) is 63.8 Å². The van der Waals surface area contributed by atoms with Crippen LogP contribution in [0.2, 0.25) is 0 Å². The molecular weight excluding hydrogens is 425 g/mol. The van der Waals surface area contributed by atoms with Crippen molar-refractivity contribution in [3.8, 4) is 17.1 Å². The smallest absolute Gasteiger partial charge is 0.337 e. The first-order valence-electron chi connectivity index (χ1n) is 10.5. The molecule has 6 nitrogen and oxygen atoms in total. The number of rotatable bonds is 4. The number of aryl methyl sites for hydroxylation is 1. The number of para-hydroxylation sites is 1. The maximum Gasteiger partial charge on any atom is 0.337 e. The summed E-state index contributed by atoms with van der Waals surface area (Å²) >= 11 is 0. The highest BCUT2D eigenvalue weighted by atomic mass is 19.1. The van der Waals surface area contributed by atoms with Crippen molar-refractivity contribution in [3.63, 3.8) is 0 Å². The molecule has 0 amide bonds. The lowest BCUT2D eigenvalue weighted by Crippen LogP contribution is -2.17. The molecular formula is C26H20FNO5. The lowest BCUT2D eigenvalue weighted by Gasteiger charge is -2.22. The zero-order valence-corrected chi connectivity index (χ0v) is 17.9. The summed E-state index contributed by atoms with van der Waals surface area (Å²) in [7, 11) is 0. The van der Waals surface area contributed by atoms with Gasteiger partial charge in [0.25, 0.3) is 0 Å². The standard InChI is InChI=1S/C26H20FNO5/c1-13-9-19(14(2)28-21-6-4-3-5-18(21)26(30)31)23-20(10-13)22(29)25-24(33-23)17-8-7-16(27)11-15(17)12-32-25/h3-11,14,28H,12H2,1-2H3,(H,30,31). The normalized spacial score (nSPS) is 13.1. The van der Waals surface area contributed by atoms with E-state index in [1.165, 1.54) is 18.2 Å². The van der Waals surface area contributed by atoms with Gasteiger partial charge in [0.05, 0.1) is 17.0 Å². The summed E-state index contributed by atoms with van der Waals surface area (Å²) < 4.78 is 25.6. The maximum atomic E-state index is 13.7. The average Bonchev–Trinajstić information content (AvgIpc) is 2.79. The molecule has 1 aliphatic heterocycles. The molecule has 5 rings (SSSR count). The first kappa shape index (κ1) is 20.8. The highest BCUT2D eigenvalue weighted by Gasteiger charge is 2.27. The van der Waals surface area contributed by atoms with Crippen LogP contribution in [0.3, 0.4) is 0 Å². The minimum atomic E-state index is -1.04. The Kier molecular flexibility index (Phi) is 4.89. The molecule has 2 N–H and O–H groups in total. The van der Waals surface area contributed by atoms with Crippen molar-refractivity contribution in [1.29, 1.82) is 0 Å². The van der Waals surface area contributed by atoms with Gasteiger partial charge in [0.1, 0.15) is 18.0 Å². The van der Waals surface area contributed by atoms with Crippen molar-refractivity contribution in [2.24, 2.45) is 0 Å². The quantitative estimate of drug-likeness (QED) is 0.421. The molecule has 1 aliphatic rings. The second-order valence-electron chi connectivity index (χ2n) is 8.13. The predicted octanol–water partition coefficient (Wildman–Crippen LogP) is 5.67. The zero-order chi connectivity index (χ0) is 23.3. The van der Waals surface area contributed by atoms with Gasteiger partial charge in [-0.25, -0.2) is 9.18 Å². The SMILES string of the molecule is Cc1cc(C(C)Nc2ccccc2C(=O)O)c2oc3c(c(=O)c2c1)OCc1cc(F)ccc1-3. The van der Waals surface area contributed by atoms with Crippen LogP contribution in [0.25, 0.3) is 22.3 Å². The molecule has 0 spiro atoms. The van der Waals surface area contributed by atoms with Crippen LogP contribution in [-0.4, -0.2) is 11.1 Å². The number of hydrogen-bond donors (Lipinski definition) is 2. The number of benzene rings is 3. The maximum absolute atomic E-state index is 13.7. The van der Waals surface area contributed by atoms with E-state index in [2.05, 4.69) is 5.32 Å². The topological polar surface area (TPSA) is 88.8 Å². The predicted molar refractivity (Wildman–Crippen MR) is 122 cm³/mol. The Morgan fingerprint density at radius 3 is 2.73 bits per heavy atom. The Bertz CT molecular complexity index is 1490. The molecule has 0 saturated heterocycles. The summed E-state index contributed by atoms with van der Waals surface area (Å²) in [4.78, 5) is 24.9. The Hall–Kier alpha value is -4.13. The van der Waals surface area contributed by atoms with E-state index in [1.54, 1.807) is 30.3 Å². The van der Waals surface area contributed by atoms with Crippen LogP contribution in [0.1, 0.15) is 40.0 Å². The van der Waals surface area contributed by atoms with E-state index in [0.29, 0.717) is 33.3 Å². The van der Waals surface area contributed by atoms with Crippen molar-refractivity contribution >= 4 is 22.6 Å². The van der Waals surface area contributed by atoms with Gasteiger partial charge in [0, 0.05) is 22.4 Å². The molecule has 2 heterocycles. The molecule has 3 aromatic carbocycles. The molecule has 4 aromatic rings. The van der Waals surface area contributed by atoms with Crippen LogP contribution in [0.5, 0.6) is 5.75 Å². The van der Waals surface area contributed by atoms with E-state index in [4.69, 9.17) is 9.15 Å². The van der Waals surface area contributed by atoms with Crippen molar-refractivity contribution in [3.05, 3.63) is 92.9 Å². The number of halogens is 1. The number of nitrogens with one attached hydrogen (secondary N) is 1. The molecule has 0 aliphatic carbocycles. The summed E-state index contributed by atoms with van der Waals surface area (Å²) in [6, 6.07) is 14.1.